The van der Waals surface area contributed by atoms with Crippen LogP contribution in [0.25, 0.3) is 0 Å². The second-order valence-electron chi connectivity index (χ2n) is 20.7. The quantitative estimate of drug-likeness (QED) is 0.0149. The number of hydrogen-bond acceptors (Lipinski definition) is 10. The SMILES string of the molecule is CCCCC/C=C/CC/C=C/C(O)C(COC1OC(CO)C(O)C(O)C1O)NC(=O)CCCCCCCCCCCC/C=C\C=C/CCCCCOC(=O)CCCCCCCCC/C=C\CCCCCCCC. The van der Waals surface area contributed by atoms with Gasteiger partial charge in [0.15, 0.2) is 6.29 Å². The second kappa shape index (κ2) is 51.5. The Morgan fingerprint density at radius 1 is 0.507 bits per heavy atom. The summed E-state index contributed by atoms with van der Waals surface area (Å²) in [6, 6.07) is -0.835. The first-order valence-corrected chi connectivity index (χ1v) is 30.1. The zero-order chi connectivity index (χ0) is 53.1. The van der Waals surface area contributed by atoms with Crippen molar-refractivity contribution < 1.29 is 49.3 Å². The fourth-order valence-corrected chi connectivity index (χ4v) is 9.02. The molecule has 11 heteroatoms. The molecule has 1 heterocycles. The van der Waals surface area contributed by atoms with Crippen LogP contribution in [0, 0.1) is 0 Å². The number of hydrogen-bond donors (Lipinski definition) is 6. The molecule has 1 aliphatic rings. The lowest BCUT2D eigenvalue weighted by atomic mass is 9.99. The first-order chi connectivity index (χ1) is 35.7. The maximum atomic E-state index is 13.0. The number of carbonyl (C=O) groups excluding carboxylic acids is 2. The first kappa shape index (κ1) is 68.4. The van der Waals surface area contributed by atoms with Crippen molar-refractivity contribution >= 4 is 11.9 Å². The Labute approximate surface area is 446 Å². The van der Waals surface area contributed by atoms with E-state index in [2.05, 4.69) is 67.8 Å². The second-order valence-corrected chi connectivity index (χ2v) is 20.7. The standard InChI is InChI=1S/C62H111NO10/c1-3-5-7-9-11-13-14-15-16-20-24-27-30-34-38-42-46-50-58(67)71-51-47-43-39-35-31-28-25-22-19-17-18-21-23-26-29-33-37-41-45-49-57(66)63-54(55(65)48-44-40-36-32-12-10-8-6-4-2)53-72-62-61(70)60(69)59(68)56(52-64)73-62/h12,15-16,22,25,28,31-32,44,48,54-56,59-62,64-65,68-70H,3-11,13-14,17-21,23-24,26-27,29-30,33-43,45-47,49-53H2,1-2H3,(H,63,66)/b16-15-,25-22-,31-28-,32-12+,48-44+. The molecule has 0 bridgehead atoms. The largest absolute Gasteiger partial charge is 0.466 e. The van der Waals surface area contributed by atoms with Gasteiger partial charge in [-0.1, -0.05) is 203 Å². The van der Waals surface area contributed by atoms with Crippen molar-refractivity contribution in [1.29, 1.82) is 0 Å². The van der Waals surface area contributed by atoms with Gasteiger partial charge in [-0.15, -0.1) is 0 Å². The summed E-state index contributed by atoms with van der Waals surface area (Å²) in [5.74, 6) is -0.239. The molecule has 6 N–H and O–H groups in total. The normalized spacial score (nSPS) is 19.4. The summed E-state index contributed by atoms with van der Waals surface area (Å²) in [6.45, 7) is 4.21. The molecule has 7 atom stereocenters. The summed E-state index contributed by atoms with van der Waals surface area (Å²) >= 11 is 0. The van der Waals surface area contributed by atoms with Crippen molar-refractivity contribution in [2.24, 2.45) is 0 Å². The lowest BCUT2D eigenvalue weighted by Crippen LogP contribution is -2.60. The molecule has 0 aromatic heterocycles. The molecule has 0 aromatic carbocycles. The summed E-state index contributed by atoms with van der Waals surface area (Å²) in [5, 5.41) is 54.1. The van der Waals surface area contributed by atoms with Gasteiger partial charge in [-0.05, 0) is 103 Å². The van der Waals surface area contributed by atoms with Crippen LogP contribution in [0.15, 0.2) is 60.8 Å². The predicted octanol–water partition coefficient (Wildman–Crippen LogP) is 13.8. The number of carbonyl (C=O) groups is 2. The molecule has 1 saturated heterocycles. The molecule has 7 unspecified atom stereocenters. The Morgan fingerprint density at radius 3 is 1.47 bits per heavy atom. The molecule has 0 saturated carbocycles. The highest BCUT2D eigenvalue weighted by Crippen LogP contribution is 2.23. The molecule has 1 amide bonds. The Kier molecular flexibility index (Phi) is 48.2. The zero-order valence-corrected chi connectivity index (χ0v) is 46.6. The number of nitrogens with one attached hydrogen (secondary N) is 1. The number of aliphatic hydroxyl groups excluding tert-OH is 5. The summed E-state index contributed by atoms with van der Waals surface area (Å²) in [4.78, 5) is 25.1. The van der Waals surface area contributed by atoms with Crippen LogP contribution in [0.2, 0.25) is 0 Å². The highest BCUT2D eigenvalue weighted by Gasteiger charge is 2.44. The molecule has 0 radical (unpaired) electrons. The Hall–Kier alpha value is -2.64. The molecular weight excluding hydrogens is 919 g/mol. The van der Waals surface area contributed by atoms with Crippen LogP contribution in [0.3, 0.4) is 0 Å². The van der Waals surface area contributed by atoms with Crippen molar-refractivity contribution in [3.8, 4) is 0 Å². The number of unbranched alkanes of at least 4 members (excludes halogenated alkanes) is 30. The number of esters is 1. The van der Waals surface area contributed by atoms with E-state index in [1.165, 1.54) is 141 Å². The fraction of sp³-hybridized carbons (Fsp3) is 0.806. The molecule has 0 aromatic rings. The highest BCUT2D eigenvalue weighted by atomic mass is 16.7. The van der Waals surface area contributed by atoms with Gasteiger partial charge in [0.25, 0.3) is 0 Å². The lowest BCUT2D eigenvalue weighted by molar-refractivity contribution is -0.302. The van der Waals surface area contributed by atoms with Gasteiger partial charge in [-0.2, -0.15) is 0 Å². The first-order valence-electron chi connectivity index (χ1n) is 30.1. The van der Waals surface area contributed by atoms with Gasteiger partial charge in [0.1, 0.15) is 24.4 Å². The van der Waals surface area contributed by atoms with E-state index in [9.17, 15) is 35.1 Å². The van der Waals surface area contributed by atoms with Crippen LogP contribution in [-0.2, 0) is 23.8 Å². The van der Waals surface area contributed by atoms with Crippen LogP contribution >= 0.6 is 0 Å². The van der Waals surface area contributed by atoms with Gasteiger partial charge < -0.3 is 45.1 Å². The van der Waals surface area contributed by atoms with Crippen LogP contribution in [-0.4, -0.2) is 100 Å². The molecule has 0 spiro atoms. The van der Waals surface area contributed by atoms with Gasteiger partial charge >= 0.3 is 5.97 Å². The minimum atomic E-state index is -1.58. The van der Waals surface area contributed by atoms with Crippen molar-refractivity contribution in [2.45, 2.75) is 301 Å². The molecule has 0 aliphatic carbocycles. The van der Waals surface area contributed by atoms with Crippen LogP contribution in [0.1, 0.15) is 258 Å². The van der Waals surface area contributed by atoms with Crippen LogP contribution in [0.5, 0.6) is 0 Å². The molecule has 1 fully saturated rings. The third-order valence-electron chi connectivity index (χ3n) is 13.9. The van der Waals surface area contributed by atoms with Gasteiger partial charge in [0, 0.05) is 12.8 Å². The summed E-state index contributed by atoms with van der Waals surface area (Å²) in [5.41, 5.74) is 0. The van der Waals surface area contributed by atoms with E-state index in [0.717, 1.165) is 89.9 Å². The molecule has 1 aliphatic heterocycles. The van der Waals surface area contributed by atoms with E-state index < -0.39 is 49.5 Å². The average Bonchev–Trinajstić information content (AvgIpc) is 3.39. The van der Waals surface area contributed by atoms with Gasteiger partial charge in [0.2, 0.25) is 5.91 Å². The molecule has 424 valence electrons. The van der Waals surface area contributed by atoms with Gasteiger partial charge in [-0.3, -0.25) is 9.59 Å². The number of amides is 1. The Balaban J connectivity index is 2.04. The van der Waals surface area contributed by atoms with Crippen molar-refractivity contribution in [3.63, 3.8) is 0 Å². The third kappa shape index (κ3) is 41.2. The Morgan fingerprint density at radius 2 is 0.932 bits per heavy atom. The topological polar surface area (TPSA) is 175 Å². The molecular formula is C62H111NO10. The number of allylic oxidation sites excluding steroid dienone is 9. The average molecular weight is 1030 g/mol. The van der Waals surface area contributed by atoms with E-state index in [-0.39, 0.29) is 18.5 Å². The van der Waals surface area contributed by atoms with Crippen LogP contribution < -0.4 is 5.32 Å². The van der Waals surface area contributed by atoms with Crippen molar-refractivity contribution in [3.05, 3.63) is 60.8 Å². The number of aliphatic hydroxyl groups is 5. The van der Waals surface area contributed by atoms with E-state index in [4.69, 9.17) is 14.2 Å². The van der Waals surface area contributed by atoms with Crippen LogP contribution in [0.4, 0.5) is 0 Å². The summed E-state index contributed by atoms with van der Waals surface area (Å²) < 4.78 is 16.6. The van der Waals surface area contributed by atoms with E-state index in [1.807, 2.05) is 6.08 Å². The number of ether oxygens (including phenoxy) is 3. The smallest absolute Gasteiger partial charge is 0.305 e. The zero-order valence-electron chi connectivity index (χ0n) is 46.6. The summed E-state index contributed by atoms with van der Waals surface area (Å²) in [7, 11) is 0. The summed E-state index contributed by atoms with van der Waals surface area (Å²) in [6.07, 6.45) is 56.2. The molecule has 1 rings (SSSR count). The molecule has 11 nitrogen and oxygen atoms in total. The van der Waals surface area contributed by atoms with Gasteiger partial charge in [0.05, 0.1) is 32.0 Å². The van der Waals surface area contributed by atoms with E-state index >= 15 is 0 Å². The lowest BCUT2D eigenvalue weighted by Gasteiger charge is -2.40. The fourth-order valence-electron chi connectivity index (χ4n) is 9.02. The Bertz CT molecular complexity index is 1400. The maximum absolute atomic E-state index is 13.0. The van der Waals surface area contributed by atoms with Gasteiger partial charge in [-0.25, -0.2) is 0 Å². The minimum Gasteiger partial charge on any atom is -0.466 e. The van der Waals surface area contributed by atoms with Crippen molar-refractivity contribution in [2.75, 3.05) is 19.8 Å². The third-order valence-corrected chi connectivity index (χ3v) is 13.9. The maximum Gasteiger partial charge on any atom is 0.305 e. The predicted molar refractivity (Wildman–Crippen MR) is 301 cm³/mol. The monoisotopic (exact) mass is 1030 g/mol. The van der Waals surface area contributed by atoms with E-state index in [0.29, 0.717) is 19.4 Å². The number of rotatable bonds is 51. The highest BCUT2D eigenvalue weighted by molar-refractivity contribution is 5.76. The minimum absolute atomic E-state index is 0.0330. The van der Waals surface area contributed by atoms with Crippen molar-refractivity contribution in [1.82, 2.24) is 5.32 Å². The molecule has 73 heavy (non-hydrogen) atoms. The van der Waals surface area contributed by atoms with E-state index in [1.54, 1.807) is 6.08 Å².